The van der Waals surface area contributed by atoms with Gasteiger partial charge in [-0.15, -0.1) is 0 Å². The molecule has 8 nitrogen and oxygen atoms in total. The van der Waals surface area contributed by atoms with Crippen LogP contribution in [-0.4, -0.2) is 56.1 Å². The molecule has 0 spiro atoms. The Balaban J connectivity index is 0.000000224. The first-order chi connectivity index (χ1) is 11.9. The molecular weight excluding hydrogens is 499 g/mol. The first-order valence-electron chi connectivity index (χ1n) is 7.63. The molecule has 0 saturated carbocycles. The predicted octanol–water partition coefficient (Wildman–Crippen LogP) is 2.26. The van der Waals surface area contributed by atoms with Crippen LogP contribution < -0.4 is 0 Å². The van der Waals surface area contributed by atoms with Crippen LogP contribution in [0, 0.1) is 0 Å². The second kappa shape index (κ2) is 8.29. The van der Waals surface area contributed by atoms with Crippen molar-refractivity contribution in [3.63, 3.8) is 0 Å². The molecule has 4 aromatic rings. The zero-order chi connectivity index (χ0) is 16.2. The Bertz CT molecular complexity index is 907. The number of fused-ring (bicyclic) bond motifs is 5. The van der Waals surface area contributed by atoms with E-state index >= 15 is 0 Å². The van der Waals surface area contributed by atoms with E-state index in [0.29, 0.717) is 0 Å². The summed E-state index contributed by atoms with van der Waals surface area (Å²) >= 11 is 0. The van der Waals surface area contributed by atoms with E-state index in [0.717, 1.165) is 59.0 Å². The van der Waals surface area contributed by atoms with Gasteiger partial charge in [-0.1, -0.05) is 0 Å². The summed E-state index contributed by atoms with van der Waals surface area (Å²) in [7, 11) is 0. The maximum atomic E-state index is 4.31. The van der Waals surface area contributed by atoms with Crippen LogP contribution in [0.5, 0.6) is 0 Å². The first kappa shape index (κ1) is 17.7. The second-order valence-electron chi connectivity index (χ2n) is 5.20. The molecule has 0 bridgehead atoms. The number of hydrogen-bond donors (Lipinski definition) is 0. The molecule has 1 fully saturated rings. The normalized spacial score (nSPS) is 13.9. The zero-order valence-electron chi connectivity index (χ0n) is 13.2. The smallest absolute Gasteiger partial charge is 0.665 e. The molecule has 0 N–H and O–H groups in total. The van der Waals surface area contributed by atoms with Crippen molar-refractivity contribution in [3.05, 3.63) is 48.1 Å². The molecule has 9 heteroatoms. The molecule has 1 saturated heterocycles. The average molecular weight is 513 g/mol. The first-order valence-corrected chi connectivity index (χ1v) is 7.63. The van der Waals surface area contributed by atoms with Crippen LogP contribution in [0.1, 0.15) is 0 Å². The van der Waals surface area contributed by atoms with Crippen LogP contribution in [0.4, 0.5) is 0 Å². The van der Waals surface area contributed by atoms with Gasteiger partial charge in [0.05, 0.1) is 12.4 Å². The fourth-order valence-corrected chi connectivity index (χ4v) is 2.55. The minimum atomic E-state index is 0. The number of hydrogen-bond acceptors (Lipinski definition) is 6. The summed E-state index contributed by atoms with van der Waals surface area (Å²) in [6, 6.07) is 0. The molecule has 0 amide bonds. The van der Waals surface area contributed by atoms with E-state index in [1.165, 1.54) is 12.7 Å². The van der Waals surface area contributed by atoms with Gasteiger partial charge in [0.15, 0.2) is 0 Å². The Hall–Kier alpha value is -2.15. The van der Waals surface area contributed by atoms with Gasteiger partial charge in [-0.05, 0) is 0 Å². The van der Waals surface area contributed by atoms with Crippen LogP contribution in [0.25, 0.3) is 43.5 Å². The van der Waals surface area contributed by atoms with E-state index in [2.05, 4.69) is 40.5 Å². The van der Waals surface area contributed by atoms with Crippen molar-refractivity contribution in [2.24, 2.45) is 0 Å². The second-order valence-corrected chi connectivity index (χ2v) is 5.20. The van der Waals surface area contributed by atoms with Gasteiger partial charge >= 0.3 is 21.1 Å². The Morgan fingerprint density at radius 1 is 0.640 bits per heavy atom. The minimum Gasteiger partial charge on any atom is -0.665 e. The van der Waals surface area contributed by atoms with Crippen LogP contribution in [-0.2, 0) is 21.1 Å². The van der Waals surface area contributed by atoms with E-state index in [9.17, 15) is 0 Å². The molecule has 128 valence electrons. The predicted molar refractivity (Wildman–Crippen MR) is 91.9 cm³/mol. The minimum absolute atomic E-state index is 0. The van der Waals surface area contributed by atoms with Crippen LogP contribution >= 0.6 is 0 Å². The van der Waals surface area contributed by atoms with Crippen molar-refractivity contribution < 1.29 is 21.1 Å². The molecule has 1 aliphatic rings. The zero-order valence-corrected chi connectivity index (χ0v) is 15.5. The Kier molecular flexibility index (Phi) is 5.86. The number of nitrogens with zero attached hydrogens (tertiary/aromatic N) is 8. The molecule has 4 aromatic heterocycles. The van der Waals surface area contributed by atoms with E-state index in [4.69, 9.17) is 0 Å². The number of rotatable bonds is 0. The summed E-state index contributed by atoms with van der Waals surface area (Å²) < 4.78 is 0. The van der Waals surface area contributed by atoms with Gasteiger partial charge in [-0.2, -0.15) is 26.2 Å². The summed E-state index contributed by atoms with van der Waals surface area (Å²) in [6.45, 7) is 3.83. The van der Waals surface area contributed by atoms with Gasteiger partial charge in [0.2, 0.25) is 0 Å². The molecule has 0 atom stereocenters. The monoisotopic (exact) mass is 513 g/mol. The molecule has 1 aliphatic heterocycles. The van der Waals surface area contributed by atoms with Gasteiger partial charge in [-0.3, -0.25) is 9.97 Å². The largest absolute Gasteiger partial charge is 2.00 e. The Morgan fingerprint density at radius 2 is 1.12 bits per heavy atom. The van der Waals surface area contributed by atoms with Crippen molar-refractivity contribution in [3.8, 4) is 0 Å². The molecule has 0 unspecified atom stereocenters. The summed E-state index contributed by atoms with van der Waals surface area (Å²) in [5.41, 5.74) is 3.06. The van der Waals surface area contributed by atoms with Gasteiger partial charge in [0, 0.05) is 23.2 Å². The van der Waals surface area contributed by atoms with Gasteiger partial charge < -0.3 is 10.6 Å². The Morgan fingerprint density at radius 3 is 1.56 bits per heavy atom. The number of pyridine rings is 2. The SMILES string of the molecule is C1C[N-]CC[N-]1.[Pt+2].c1ncc2ncc3cnc4cncnc4c3c2n1. The van der Waals surface area contributed by atoms with E-state index < -0.39 is 0 Å². The summed E-state index contributed by atoms with van der Waals surface area (Å²) in [6.07, 6.45) is 9.92. The summed E-state index contributed by atoms with van der Waals surface area (Å²) in [5.74, 6) is 0. The molecular formula is C16H14N8Pt. The number of piperazine rings is 1. The maximum absolute atomic E-state index is 4.31. The van der Waals surface area contributed by atoms with Crippen molar-refractivity contribution in [2.45, 2.75) is 0 Å². The third-order valence-corrected chi connectivity index (χ3v) is 3.67. The fraction of sp³-hybridized carbons (Fsp3) is 0.250. The topological polar surface area (TPSA) is 106 Å². The van der Waals surface area contributed by atoms with Gasteiger partial charge in [0.1, 0.15) is 34.7 Å². The molecule has 0 aliphatic carbocycles. The van der Waals surface area contributed by atoms with Crippen molar-refractivity contribution in [1.82, 2.24) is 29.9 Å². The third kappa shape index (κ3) is 3.76. The fourth-order valence-electron chi connectivity index (χ4n) is 2.55. The van der Waals surface area contributed by atoms with Crippen molar-refractivity contribution >= 4 is 32.8 Å². The van der Waals surface area contributed by atoms with Crippen LogP contribution in [0.2, 0.25) is 0 Å². The van der Waals surface area contributed by atoms with Crippen molar-refractivity contribution in [1.29, 1.82) is 0 Å². The third-order valence-electron chi connectivity index (χ3n) is 3.67. The molecule has 5 heterocycles. The van der Waals surface area contributed by atoms with Crippen LogP contribution in [0.15, 0.2) is 37.4 Å². The standard InChI is InChI=1S/C12H6N6.C4H8N2.Pt/c1-7-2-16-9-4-14-6-18-12(9)10(7)11-8(15-1)3-13-5-17-11;1-2-6-4-3-5-1;/h1-6H;1-4H2;/q;-2;+2. The van der Waals surface area contributed by atoms with E-state index in [1.54, 1.807) is 24.8 Å². The molecule has 0 aromatic carbocycles. The van der Waals surface area contributed by atoms with Crippen molar-refractivity contribution in [2.75, 3.05) is 26.2 Å². The average Bonchev–Trinajstić information content (AvgIpc) is 2.69. The molecule has 25 heavy (non-hydrogen) atoms. The van der Waals surface area contributed by atoms with E-state index in [1.807, 2.05) is 0 Å². The quantitative estimate of drug-likeness (QED) is 0.334. The molecule has 0 radical (unpaired) electrons. The van der Waals surface area contributed by atoms with Gasteiger partial charge in [-0.25, -0.2) is 19.9 Å². The summed E-state index contributed by atoms with van der Waals surface area (Å²) in [5, 5.41) is 10.0. The van der Waals surface area contributed by atoms with E-state index in [-0.39, 0.29) is 21.1 Å². The molecule has 5 rings (SSSR count). The maximum Gasteiger partial charge on any atom is 2.00 e. The van der Waals surface area contributed by atoms with Gasteiger partial charge in [0.25, 0.3) is 0 Å². The summed E-state index contributed by atoms with van der Waals surface area (Å²) in [4.78, 5) is 25.2. The Labute approximate surface area is 158 Å². The van der Waals surface area contributed by atoms with Crippen LogP contribution in [0.3, 0.4) is 0 Å². The number of aromatic nitrogens is 6.